The fourth-order valence-corrected chi connectivity index (χ4v) is 9.72. The van der Waals surface area contributed by atoms with Crippen LogP contribution in [-0.2, 0) is 54.0 Å². The van der Waals surface area contributed by atoms with Crippen molar-refractivity contribution < 1.29 is 67.2 Å². The lowest BCUT2D eigenvalue weighted by molar-refractivity contribution is -0.315. The molecule has 4 aliphatic rings. The number of ether oxygens (including phenoxy) is 8. The highest BCUT2D eigenvalue weighted by Gasteiger charge is 2.55. The average Bonchev–Trinajstić information content (AvgIpc) is 3.85. The van der Waals surface area contributed by atoms with Gasteiger partial charge < -0.3 is 62.5 Å². The second-order valence-corrected chi connectivity index (χ2v) is 18.5. The van der Waals surface area contributed by atoms with E-state index in [9.17, 15) is 24.9 Å². The van der Waals surface area contributed by atoms with Crippen molar-refractivity contribution in [3.05, 3.63) is 24.2 Å². The third-order valence-electron chi connectivity index (χ3n) is 13.8. The van der Waals surface area contributed by atoms with Crippen LogP contribution in [0.15, 0.2) is 27.8 Å². The highest BCUT2D eigenvalue weighted by Crippen LogP contribution is 2.42. The Balaban J connectivity index is 1.60. The van der Waals surface area contributed by atoms with E-state index < -0.39 is 102 Å². The van der Waals surface area contributed by atoms with Crippen LogP contribution in [0.1, 0.15) is 107 Å². The maximum absolute atomic E-state index is 14.4. The number of hydrogen-bond donors (Lipinski definition) is 3. The first-order valence-corrected chi connectivity index (χ1v) is 21.6. The molecular weight excluding hydrogens is 780 g/mol. The third kappa shape index (κ3) is 10.1. The number of esters is 1. The van der Waals surface area contributed by atoms with Gasteiger partial charge in [-0.15, -0.1) is 0 Å². The summed E-state index contributed by atoms with van der Waals surface area (Å²) in [6, 6.07) is 3.90. The zero-order valence-electron chi connectivity index (χ0n) is 37.9. The number of fused-ring (bicyclic) bond motifs is 1. The fraction of sp³-hybridized carbons (Fsp3) is 0.841. The van der Waals surface area contributed by atoms with Gasteiger partial charge in [-0.1, -0.05) is 27.7 Å². The maximum Gasteiger partial charge on any atom is 0.311 e. The number of ketones is 1. The molecule has 60 heavy (non-hydrogen) atoms. The van der Waals surface area contributed by atoms with Crippen molar-refractivity contribution in [1.29, 1.82) is 0 Å². The molecule has 0 radical (unpaired) electrons. The van der Waals surface area contributed by atoms with Gasteiger partial charge in [0.2, 0.25) is 0 Å². The first-order chi connectivity index (χ1) is 28.1. The molecule has 0 spiro atoms. The number of likely N-dealkylation sites (N-methyl/N-ethyl adjacent to an activating group) is 1. The summed E-state index contributed by atoms with van der Waals surface area (Å²) < 4.78 is 57.1. The van der Waals surface area contributed by atoms with Gasteiger partial charge in [0.25, 0.3) is 6.02 Å². The molecule has 4 fully saturated rings. The van der Waals surface area contributed by atoms with Crippen LogP contribution in [0.4, 0.5) is 0 Å². The minimum Gasteiger partial charge on any atom is -0.467 e. The maximum atomic E-state index is 14.4. The Bertz CT molecular complexity index is 1610. The number of aliphatic hydroxyl groups excluding tert-OH is 2. The summed E-state index contributed by atoms with van der Waals surface area (Å²) >= 11 is 0. The van der Waals surface area contributed by atoms with Crippen LogP contribution in [0, 0.1) is 23.7 Å². The predicted molar refractivity (Wildman–Crippen MR) is 218 cm³/mol. The van der Waals surface area contributed by atoms with Crippen molar-refractivity contribution in [2.45, 2.75) is 192 Å². The van der Waals surface area contributed by atoms with E-state index in [0.717, 1.165) is 0 Å². The number of carbonyl (C=O) groups is 2. The molecule has 16 nitrogen and oxygen atoms in total. The Morgan fingerprint density at radius 1 is 0.933 bits per heavy atom. The quantitative estimate of drug-likeness (QED) is 0.296. The molecule has 342 valence electrons. The molecular formula is C44H72N2O14. The first-order valence-electron chi connectivity index (χ1n) is 21.6. The number of methoxy groups -OCH3 is 2. The molecule has 1 aromatic heterocycles. The van der Waals surface area contributed by atoms with Crippen molar-refractivity contribution in [3.8, 4) is 0 Å². The summed E-state index contributed by atoms with van der Waals surface area (Å²) in [7, 11) is 4.99. The van der Waals surface area contributed by atoms with Crippen molar-refractivity contribution in [2.75, 3.05) is 21.3 Å². The molecule has 0 aromatic carbocycles. The minimum atomic E-state index is -1.89. The molecule has 4 aliphatic heterocycles. The summed E-state index contributed by atoms with van der Waals surface area (Å²) in [6.07, 6.45) is -6.19. The van der Waals surface area contributed by atoms with Crippen molar-refractivity contribution in [1.82, 2.24) is 4.90 Å². The number of furan rings is 1. The molecule has 0 aliphatic carbocycles. The molecule has 3 N–H and O–H groups in total. The van der Waals surface area contributed by atoms with E-state index in [2.05, 4.69) is 0 Å². The third-order valence-corrected chi connectivity index (χ3v) is 13.8. The lowest BCUT2D eigenvalue weighted by atomic mass is 9.76. The van der Waals surface area contributed by atoms with Gasteiger partial charge in [-0.25, -0.2) is 4.99 Å². The van der Waals surface area contributed by atoms with Crippen molar-refractivity contribution >= 4 is 17.8 Å². The van der Waals surface area contributed by atoms with E-state index in [-0.39, 0.29) is 50.2 Å². The molecule has 0 saturated carbocycles. The van der Waals surface area contributed by atoms with Gasteiger partial charge in [-0.05, 0) is 78.9 Å². The normalized spacial score (nSPS) is 45.7. The summed E-state index contributed by atoms with van der Waals surface area (Å²) in [5, 5.41) is 34.3. The Hall–Kier alpha value is -2.67. The zero-order chi connectivity index (χ0) is 44.5. The first kappa shape index (κ1) is 48.4. The average molecular weight is 853 g/mol. The van der Waals surface area contributed by atoms with Crippen LogP contribution >= 0.6 is 0 Å². The van der Waals surface area contributed by atoms with Gasteiger partial charge in [-0.2, -0.15) is 0 Å². The van der Waals surface area contributed by atoms with Crippen molar-refractivity contribution in [2.24, 2.45) is 28.7 Å². The van der Waals surface area contributed by atoms with Crippen LogP contribution in [-0.4, -0.2) is 144 Å². The smallest absolute Gasteiger partial charge is 0.311 e. The minimum absolute atomic E-state index is 0.0412. The van der Waals surface area contributed by atoms with Gasteiger partial charge in [0.05, 0.1) is 59.9 Å². The Morgan fingerprint density at radius 2 is 1.62 bits per heavy atom. The number of carbonyl (C=O) groups excluding carboxylic acids is 2. The zero-order valence-corrected chi connectivity index (χ0v) is 37.9. The van der Waals surface area contributed by atoms with Crippen LogP contribution < -0.4 is 0 Å². The van der Waals surface area contributed by atoms with Gasteiger partial charge in [0.15, 0.2) is 18.7 Å². The van der Waals surface area contributed by atoms with E-state index in [1.165, 1.54) is 14.0 Å². The lowest BCUT2D eigenvalue weighted by Crippen LogP contribution is -2.60. The molecule has 5 heterocycles. The van der Waals surface area contributed by atoms with Gasteiger partial charge >= 0.3 is 5.97 Å². The van der Waals surface area contributed by atoms with Crippen LogP contribution in [0.25, 0.3) is 0 Å². The highest BCUT2D eigenvalue weighted by molar-refractivity contribution is 5.81. The molecule has 0 bridgehead atoms. The number of cyclic esters (lactones) is 1. The number of Topliss-reactive ketones (excluding diaryl/α,β-unsaturated/α-hetero) is 1. The molecule has 16 heteroatoms. The second-order valence-electron chi connectivity index (χ2n) is 18.5. The van der Waals surface area contributed by atoms with E-state index in [0.29, 0.717) is 18.2 Å². The fourth-order valence-electron chi connectivity index (χ4n) is 9.72. The van der Waals surface area contributed by atoms with Crippen LogP contribution in [0.2, 0.25) is 0 Å². The van der Waals surface area contributed by atoms with Gasteiger partial charge in [0.1, 0.15) is 35.9 Å². The predicted octanol–water partition coefficient (Wildman–Crippen LogP) is 4.39. The van der Waals surface area contributed by atoms with Gasteiger partial charge in [-0.3, -0.25) is 9.59 Å². The molecule has 5 rings (SSSR count). The summed E-state index contributed by atoms with van der Waals surface area (Å²) in [5.74, 6) is -3.13. The molecule has 4 saturated heterocycles. The van der Waals surface area contributed by atoms with E-state index >= 15 is 0 Å². The Morgan fingerprint density at radius 3 is 2.23 bits per heavy atom. The number of amidine groups is 1. The summed E-state index contributed by atoms with van der Waals surface area (Å²) in [6.45, 7) is 17.9. The molecule has 0 amide bonds. The summed E-state index contributed by atoms with van der Waals surface area (Å²) in [5.41, 5.74) is -4.14. The van der Waals surface area contributed by atoms with E-state index in [1.807, 2.05) is 45.7 Å². The topological polar surface area (TPSA) is 197 Å². The Labute approximate surface area is 355 Å². The highest BCUT2D eigenvalue weighted by atomic mass is 16.7. The Kier molecular flexibility index (Phi) is 15.6. The number of hydrogen-bond acceptors (Lipinski definition) is 15. The number of nitrogens with zero attached hydrogens (tertiary/aromatic N) is 2. The molecule has 1 aromatic rings. The number of aliphatic hydroxyl groups is 3. The largest absolute Gasteiger partial charge is 0.467 e. The van der Waals surface area contributed by atoms with Gasteiger partial charge in [0, 0.05) is 45.9 Å². The van der Waals surface area contributed by atoms with Crippen LogP contribution in [0.3, 0.4) is 0 Å². The molecule has 18 atom stereocenters. The summed E-state index contributed by atoms with van der Waals surface area (Å²) in [4.78, 5) is 35.2. The van der Waals surface area contributed by atoms with E-state index in [4.69, 9.17) is 47.3 Å². The lowest BCUT2D eigenvalue weighted by Gasteiger charge is -2.49. The second kappa shape index (κ2) is 19.4. The SMILES string of the molecule is CC[C@H]1OC(=O)[C@H](C)[C@@H](O[C@H]2C[C@@](C)(OC)[C@@H](O)[C@H](C)O2)[C@H](C)[C@@H](O[C@@H]2O[C@H](C)C[C@H]3[C@H]2OC(=NCc2ccco2)N3C)[C@](C)(OC)C[C@@H](C)C(=O)C[C@H](C)[C@@H](O)[C@]1(C)O. The monoisotopic (exact) mass is 852 g/mol. The standard InChI is InChI=1S/C44H72N2O14/c1-14-32-44(10,51)36(48)23(2)18-31(47)24(3)20-43(9,53-13)38(26(5)34(27(6)39(50)57-32)58-33-21-42(8,52-12)37(49)28(7)56-33)60-40-35-30(19-25(4)55-40)46(11)41(59-35)45-22-29-16-15-17-54-29/h15-17,23-28,30,32-38,40,48-49,51H,14,18-22H2,1-13H3/t23-,24+,25+,26-,27+,28-,30-,32+,33-,34-,35+,36+,37-,38+,40-,42+,43+,44+/m0/s1. The number of aliphatic imine (C=N–C) groups is 1. The molecule has 0 unspecified atom stereocenters. The van der Waals surface area contributed by atoms with E-state index in [1.54, 1.807) is 54.1 Å². The van der Waals surface area contributed by atoms with Crippen molar-refractivity contribution in [3.63, 3.8) is 0 Å². The van der Waals surface area contributed by atoms with Crippen LogP contribution in [0.5, 0.6) is 0 Å². The number of rotatable bonds is 9.